The van der Waals surface area contributed by atoms with E-state index in [0.29, 0.717) is 35.4 Å². The standard InChI is InChI=1S/C24H31F3N2O2/c1-13(30)31-23(4)10-8-18-15-6-5-14-11-19-16(20(29-28-19)24(25,26)27)12-21(14,2)17(15)7-9-22(18,23)3/h11,15,17-18H,5-10,12H2,1-4H3,(H,28,29). The molecule has 6 atom stereocenters. The van der Waals surface area contributed by atoms with Crippen molar-refractivity contribution < 1.29 is 22.7 Å². The van der Waals surface area contributed by atoms with E-state index in [9.17, 15) is 18.0 Å². The van der Waals surface area contributed by atoms with Crippen molar-refractivity contribution in [3.8, 4) is 0 Å². The molecule has 5 rings (SSSR count). The summed E-state index contributed by atoms with van der Waals surface area (Å²) in [5.74, 6) is 0.990. The third-order valence-corrected chi connectivity index (χ3v) is 9.67. The van der Waals surface area contributed by atoms with Gasteiger partial charge in [0.05, 0.1) is 5.69 Å². The first kappa shape index (κ1) is 21.1. The Balaban J connectivity index is 1.49. The number of ether oxygens (including phenoxy) is 1. The average Bonchev–Trinajstić information content (AvgIpc) is 3.17. The Morgan fingerprint density at radius 3 is 2.55 bits per heavy atom. The number of rotatable bonds is 1. The van der Waals surface area contributed by atoms with Gasteiger partial charge >= 0.3 is 12.1 Å². The number of alkyl halides is 3. The number of nitrogens with zero attached hydrogens (tertiary/aromatic N) is 1. The molecule has 0 aromatic carbocycles. The quantitative estimate of drug-likeness (QED) is 0.555. The van der Waals surface area contributed by atoms with Gasteiger partial charge in [-0.3, -0.25) is 9.89 Å². The zero-order valence-corrected chi connectivity index (χ0v) is 18.7. The van der Waals surface area contributed by atoms with Gasteiger partial charge in [-0.2, -0.15) is 18.3 Å². The summed E-state index contributed by atoms with van der Waals surface area (Å²) in [6.07, 6.45) is 3.63. The van der Waals surface area contributed by atoms with Gasteiger partial charge in [-0.05, 0) is 81.1 Å². The Hall–Kier alpha value is -1.79. The monoisotopic (exact) mass is 436 g/mol. The minimum Gasteiger partial charge on any atom is -0.459 e. The smallest absolute Gasteiger partial charge is 0.433 e. The highest BCUT2D eigenvalue weighted by Crippen LogP contribution is 2.68. The molecule has 0 saturated heterocycles. The van der Waals surface area contributed by atoms with Crippen LogP contribution in [0.4, 0.5) is 13.2 Å². The van der Waals surface area contributed by atoms with E-state index < -0.39 is 17.5 Å². The SMILES string of the molecule is CC(=O)OC1(C)CCC2C3CCC4=Cc5n[nH]c(C(F)(F)F)c5CC4(C)C3CCC21C. The molecule has 1 aromatic heterocycles. The van der Waals surface area contributed by atoms with Crippen LogP contribution in [0.15, 0.2) is 5.57 Å². The van der Waals surface area contributed by atoms with Crippen molar-refractivity contribution in [1.82, 2.24) is 10.2 Å². The van der Waals surface area contributed by atoms with Crippen LogP contribution in [0.25, 0.3) is 6.08 Å². The maximum Gasteiger partial charge on any atom is 0.433 e. The maximum absolute atomic E-state index is 13.6. The van der Waals surface area contributed by atoms with Gasteiger partial charge in [0.15, 0.2) is 0 Å². The second kappa shape index (κ2) is 6.38. The van der Waals surface area contributed by atoms with Crippen molar-refractivity contribution in [1.29, 1.82) is 0 Å². The summed E-state index contributed by atoms with van der Waals surface area (Å²) in [4.78, 5) is 11.8. The second-order valence-corrected chi connectivity index (χ2v) is 11.0. The Kier molecular flexibility index (Phi) is 4.34. The summed E-state index contributed by atoms with van der Waals surface area (Å²) >= 11 is 0. The number of aromatic amines is 1. The Labute approximate surface area is 181 Å². The first-order valence-corrected chi connectivity index (χ1v) is 11.4. The zero-order chi connectivity index (χ0) is 22.4. The minimum absolute atomic E-state index is 0.0794. The predicted molar refractivity (Wildman–Crippen MR) is 110 cm³/mol. The van der Waals surface area contributed by atoms with Gasteiger partial charge in [-0.25, -0.2) is 0 Å². The first-order chi connectivity index (χ1) is 14.4. The van der Waals surface area contributed by atoms with Crippen LogP contribution in [0, 0.1) is 28.6 Å². The molecule has 7 heteroatoms. The largest absolute Gasteiger partial charge is 0.459 e. The number of nitrogens with one attached hydrogen (secondary N) is 1. The lowest BCUT2D eigenvalue weighted by Crippen LogP contribution is -2.55. The van der Waals surface area contributed by atoms with Crippen LogP contribution in [0.2, 0.25) is 0 Å². The molecule has 1 aromatic rings. The van der Waals surface area contributed by atoms with Crippen LogP contribution in [-0.4, -0.2) is 21.8 Å². The van der Waals surface area contributed by atoms with Crippen LogP contribution in [0.5, 0.6) is 0 Å². The van der Waals surface area contributed by atoms with Crippen molar-refractivity contribution in [2.75, 3.05) is 0 Å². The number of H-pyrrole nitrogens is 1. The van der Waals surface area contributed by atoms with Crippen molar-refractivity contribution in [3.63, 3.8) is 0 Å². The molecule has 3 saturated carbocycles. The number of allylic oxidation sites excluding steroid dienone is 1. The van der Waals surface area contributed by atoms with Gasteiger partial charge in [-0.15, -0.1) is 0 Å². The van der Waals surface area contributed by atoms with E-state index in [1.807, 2.05) is 6.08 Å². The van der Waals surface area contributed by atoms with E-state index in [-0.39, 0.29) is 16.8 Å². The van der Waals surface area contributed by atoms with Crippen LogP contribution in [0.3, 0.4) is 0 Å². The van der Waals surface area contributed by atoms with Crippen LogP contribution < -0.4 is 0 Å². The fourth-order valence-corrected chi connectivity index (χ4v) is 7.96. The lowest BCUT2D eigenvalue weighted by atomic mass is 9.46. The molecule has 0 aliphatic heterocycles. The zero-order valence-electron chi connectivity index (χ0n) is 18.7. The predicted octanol–water partition coefficient (Wildman–Crippen LogP) is 5.93. The van der Waals surface area contributed by atoms with Crippen molar-refractivity contribution in [3.05, 3.63) is 22.5 Å². The highest BCUT2D eigenvalue weighted by atomic mass is 19.4. The number of carbonyl (C=O) groups excluding carboxylic acids is 1. The molecule has 0 spiro atoms. The molecule has 4 aliphatic carbocycles. The lowest BCUT2D eigenvalue weighted by molar-refractivity contribution is -0.177. The molecular formula is C24H31F3N2O2. The normalized spacial score (nSPS) is 41.5. The molecule has 170 valence electrons. The number of esters is 1. The van der Waals surface area contributed by atoms with Crippen molar-refractivity contribution >= 4 is 12.0 Å². The van der Waals surface area contributed by atoms with Crippen LogP contribution in [0.1, 0.15) is 83.2 Å². The summed E-state index contributed by atoms with van der Waals surface area (Å²) in [5.41, 5.74) is 0.534. The molecule has 4 nitrogen and oxygen atoms in total. The van der Waals surface area contributed by atoms with Crippen LogP contribution >= 0.6 is 0 Å². The molecule has 3 fully saturated rings. The van der Waals surface area contributed by atoms with E-state index in [1.54, 1.807) is 0 Å². The fourth-order valence-electron chi connectivity index (χ4n) is 7.96. The van der Waals surface area contributed by atoms with Crippen molar-refractivity contribution in [2.45, 2.75) is 84.4 Å². The molecule has 4 aliphatic rings. The van der Waals surface area contributed by atoms with E-state index in [1.165, 1.54) is 12.5 Å². The Bertz CT molecular complexity index is 967. The number of fused-ring (bicyclic) bond motifs is 6. The summed E-state index contributed by atoms with van der Waals surface area (Å²) in [5, 5.41) is 6.25. The highest BCUT2D eigenvalue weighted by Gasteiger charge is 2.64. The Morgan fingerprint density at radius 1 is 1.16 bits per heavy atom. The number of halogens is 3. The van der Waals surface area contributed by atoms with Gasteiger partial charge in [0.25, 0.3) is 0 Å². The summed E-state index contributed by atoms with van der Waals surface area (Å²) < 4.78 is 46.6. The fraction of sp³-hybridized carbons (Fsp3) is 0.750. The molecule has 0 amide bonds. The number of hydrogen-bond donors (Lipinski definition) is 1. The van der Waals surface area contributed by atoms with Gasteiger partial charge in [0, 0.05) is 17.9 Å². The molecule has 1 N–H and O–H groups in total. The third-order valence-electron chi connectivity index (χ3n) is 9.67. The molecule has 6 unspecified atom stereocenters. The number of carbonyl (C=O) groups is 1. The van der Waals surface area contributed by atoms with E-state index >= 15 is 0 Å². The summed E-state index contributed by atoms with van der Waals surface area (Å²) in [6, 6.07) is 0. The molecule has 0 bridgehead atoms. The van der Waals surface area contributed by atoms with Gasteiger partial charge in [-0.1, -0.05) is 19.4 Å². The Morgan fingerprint density at radius 2 is 1.87 bits per heavy atom. The van der Waals surface area contributed by atoms with Crippen molar-refractivity contribution in [2.24, 2.45) is 28.6 Å². The van der Waals surface area contributed by atoms with Gasteiger partial charge in [0.2, 0.25) is 0 Å². The molecule has 0 radical (unpaired) electrons. The van der Waals surface area contributed by atoms with Gasteiger partial charge in [0.1, 0.15) is 11.3 Å². The molecular weight excluding hydrogens is 405 g/mol. The summed E-state index contributed by atoms with van der Waals surface area (Å²) in [6.45, 7) is 8.01. The molecule has 31 heavy (non-hydrogen) atoms. The van der Waals surface area contributed by atoms with E-state index in [0.717, 1.165) is 38.5 Å². The van der Waals surface area contributed by atoms with Gasteiger partial charge < -0.3 is 4.74 Å². The minimum atomic E-state index is -4.42. The number of aromatic nitrogens is 2. The average molecular weight is 437 g/mol. The molecule has 1 heterocycles. The lowest BCUT2D eigenvalue weighted by Gasteiger charge is -2.59. The third kappa shape index (κ3) is 2.80. The van der Waals surface area contributed by atoms with E-state index in [2.05, 4.69) is 31.0 Å². The second-order valence-electron chi connectivity index (χ2n) is 11.0. The first-order valence-electron chi connectivity index (χ1n) is 11.4. The van der Waals surface area contributed by atoms with Crippen LogP contribution in [-0.2, 0) is 22.1 Å². The summed E-state index contributed by atoms with van der Waals surface area (Å²) in [7, 11) is 0. The highest BCUT2D eigenvalue weighted by molar-refractivity contribution is 5.66. The maximum atomic E-state index is 13.6. The van der Waals surface area contributed by atoms with E-state index in [4.69, 9.17) is 4.74 Å². The number of hydrogen-bond acceptors (Lipinski definition) is 3. The topological polar surface area (TPSA) is 55.0 Å².